The first-order valence-corrected chi connectivity index (χ1v) is 11.5. The molecule has 1 fully saturated rings. The smallest absolute Gasteiger partial charge is 0.376 e. The Morgan fingerprint density at radius 2 is 1.88 bits per heavy atom. The molecule has 0 amide bonds. The average molecular weight is 508 g/mol. The lowest BCUT2D eigenvalue weighted by Gasteiger charge is -2.39. The van der Waals surface area contributed by atoms with E-state index in [0.29, 0.717) is 6.92 Å². The molecule has 1 aliphatic heterocycles. The number of hydrogen-bond acceptors (Lipinski definition) is 9. The third kappa shape index (κ3) is 4.76. The number of sulfonamides is 1. The van der Waals surface area contributed by atoms with E-state index in [9.17, 15) is 36.8 Å². The molecule has 2 aliphatic rings. The normalized spacial score (nSPS) is 22.4. The van der Waals surface area contributed by atoms with Gasteiger partial charge in [-0.2, -0.15) is 17.5 Å². The Balaban J connectivity index is 1.78. The minimum absolute atomic E-state index is 0.0183. The van der Waals surface area contributed by atoms with E-state index in [4.69, 9.17) is 12.2 Å². The lowest BCUT2D eigenvalue weighted by molar-refractivity contribution is -0.419. The van der Waals surface area contributed by atoms with E-state index in [1.807, 2.05) is 0 Å². The maximum Gasteiger partial charge on any atom is 0.421 e. The van der Waals surface area contributed by atoms with Gasteiger partial charge >= 0.3 is 6.18 Å². The molecule has 3 rings (SSSR count). The average Bonchev–Trinajstić information content (AvgIpc) is 2.73. The summed E-state index contributed by atoms with van der Waals surface area (Å²) in [6, 6.07) is -0.467. The second kappa shape index (κ2) is 8.70. The number of aliphatic hydroxyl groups is 1. The highest BCUT2D eigenvalue weighted by atomic mass is 32.2. The minimum Gasteiger partial charge on any atom is -0.376 e. The molecule has 1 N–H and O–H groups in total. The summed E-state index contributed by atoms with van der Waals surface area (Å²) in [6.07, 6.45) is -0.992. The van der Waals surface area contributed by atoms with Crippen LogP contribution in [0.3, 0.4) is 0 Å². The van der Waals surface area contributed by atoms with Crippen molar-refractivity contribution in [3.8, 4) is 0 Å². The maximum atomic E-state index is 13.1. The molecule has 0 radical (unpaired) electrons. The molecule has 0 saturated carbocycles. The van der Waals surface area contributed by atoms with Gasteiger partial charge in [-0.25, -0.2) is 18.4 Å². The number of anilines is 1. The van der Waals surface area contributed by atoms with Crippen LogP contribution in [0.5, 0.6) is 0 Å². The molecule has 33 heavy (non-hydrogen) atoms. The molecule has 180 valence electrons. The van der Waals surface area contributed by atoms with Crippen LogP contribution in [0.15, 0.2) is 35.1 Å². The third-order valence-corrected chi connectivity index (χ3v) is 7.93. The second-order valence-corrected chi connectivity index (χ2v) is 10.2. The third-order valence-electron chi connectivity index (χ3n) is 5.48. The molecule has 1 saturated heterocycles. The Bertz CT molecular complexity index is 1130. The highest BCUT2D eigenvalue weighted by Crippen LogP contribution is 2.38. The van der Waals surface area contributed by atoms with Crippen molar-refractivity contribution in [2.24, 2.45) is 0 Å². The predicted molar refractivity (Wildman–Crippen MR) is 115 cm³/mol. The Morgan fingerprint density at radius 3 is 2.39 bits per heavy atom. The summed E-state index contributed by atoms with van der Waals surface area (Å²) in [4.78, 5) is 19.6. The molecule has 1 aliphatic carbocycles. The van der Waals surface area contributed by atoms with Crippen LogP contribution >= 0.6 is 12.2 Å². The second-order valence-electron chi connectivity index (χ2n) is 7.77. The molecule has 2 heterocycles. The van der Waals surface area contributed by atoms with E-state index in [-0.39, 0.29) is 47.5 Å². The van der Waals surface area contributed by atoms with E-state index in [1.54, 1.807) is 11.8 Å². The van der Waals surface area contributed by atoms with Crippen LogP contribution in [0.25, 0.3) is 0 Å². The van der Waals surface area contributed by atoms with Gasteiger partial charge in [-0.05, 0) is 19.9 Å². The maximum absolute atomic E-state index is 13.1. The number of thiocarbonyl (C=S) groups is 1. The number of allylic oxidation sites excluding steroid dienone is 3. The SMILES string of the molecule is C[C@H]1CN(S(=O)(=O)C2=CC([N+](=O)[O-])=CCC2=S)CCN1c1ncc(C(C)(O)C(F)(F)F)cn1. The molecule has 1 aromatic rings. The lowest BCUT2D eigenvalue weighted by atomic mass is 9.99. The molecule has 15 heteroatoms. The van der Waals surface area contributed by atoms with Crippen LogP contribution in [-0.2, 0) is 15.6 Å². The molecular weight excluding hydrogens is 487 g/mol. The summed E-state index contributed by atoms with van der Waals surface area (Å²) in [5, 5.41) is 20.8. The zero-order chi connectivity index (χ0) is 24.8. The molecule has 0 aromatic carbocycles. The highest BCUT2D eigenvalue weighted by Gasteiger charge is 2.51. The summed E-state index contributed by atoms with van der Waals surface area (Å²) in [7, 11) is -4.10. The van der Waals surface area contributed by atoms with Crippen molar-refractivity contribution >= 4 is 33.1 Å². The number of alkyl halides is 3. The van der Waals surface area contributed by atoms with Gasteiger partial charge in [-0.15, -0.1) is 0 Å². The predicted octanol–water partition coefficient (Wildman–Crippen LogP) is 1.90. The van der Waals surface area contributed by atoms with Gasteiger partial charge in [-0.3, -0.25) is 10.1 Å². The monoisotopic (exact) mass is 507 g/mol. The molecule has 0 spiro atoms. The number of nitro groups is 1. The van der Waals surface area contributed by atoms with Crippen LogP contribution in [0, 0.1) is 10.1 Å². The Hall–Kier alpha value is -2.49. The van der Waals surface area contributed by atoms with Crippen molar-refractivity contribution < 1.29 is 31.6 Å². The highest BCUT2D eigenvalue weighted by molar-refractivity contribution is 7.96. The van der Waals surface area contributed by atoms with Crippen molar-refractivity contribution in [3.05, 3.63) is 50.8 Å². The van der Waals surface area contributed by atoms with Gasteiger partial charge in [-0.1, -0.05) is 12.2 Å². The standard InChI is InChI=1S/C18H20F3N5O5S2/c1-11-10-24(33(30,31)15-7-13(26(28)29)3-4-14(15)32)5-6-25(11)16-22-8-12(9-23-16)17(2,27)18(19,20)21/h3,7-9,11,27H,4-6,10H2,1-2H3/t11-,17?/m0/s1. The summed E-state index contributed by atoms with van der Waals surface area (Å²) in [5.41, 5.74) is -4.00. The van der Waals surface area contributed by atoms with Crippen LogP contribution < -0.4 is 4.90 Å². The number of piperazine rings is 1. The first kappa shape index (κ1) is 25.1. The summed E-state index contributed by atoms with van der Waals surface area (Å²) >= 11 is 5.11. The Kier molecular flexibility index (Phi) is 6.63. The number of nitrogens with zero attached hydrogens (tertiary/aromatic N) is 5. The fourth-order valence-corrected chi connectivity index (χ4v) is 5.49. The van der Waals surface area contributed by atoms with Gasteiger partial charge in [0.1, 0.15) is 4.91 Å². The van der Waals surface area contributed by atoms with E-state index in [1.165, 1.54) is 6.08 Å². The zero-order valence-corrected chi connectivity index (χ0v) is 19.1. The topological polar surface area (TPSA) is 130 Å². The summed E-state index contributed by atoms with van der Waals surface area (Å²) < 4.78 is 66.4. The fraction of sp³-hybridized carbons (Fsp3) is 0.500. The number of halogens is 3. The first-order valence-electron chi connectivity index (χ1n) is 9.64. The van der Waals surface area contributed by atoms with Crippen molar-refractivity contribution in [1.82, 2.24) is 14.3 Å². The fourth-order valence-electron chi connectivity index (χ4n) is 3.38. The van der Waals surface area contributed by atoms with Crippen LogP contribution in [0.4, 0.5) is 19.1 Å². The number of rotatable bonds is 5. The number of hydrogen-bond donors (Lipinski definition) is 1. The van der Waals surface area contributed by atoms with E-state index < -0.39 is 38.3 Å². The van der Waals surface area contributed by atoms with Crippen LogP contribution in [-0.4, -0.2) is 69.4 Å². The van der Waals surface area contributed by atoms with Gasteiger partial charge in [0.05, 0.1) is 4.92 Å². The molecular formula is C18H20F3N5O5S2. The number of aromatic nitrogens is 2. The Labute approximate surface area is 192 Å². The van der Waals surface area contributed by atoms with Gasteiger partial charge in [0.25, 0.3) is 5.70 Å². The largest absolute Gasteiger partial charge is 0.421 e. The molecule has 1 aromatic heterocycles. The molecule has 2 atom stereocenters. The van der Waals surface area contributed by atoms with E-state index >= 15 is 0 Å². The quantitative estimate of drug-likeness (QED) is 0.361. The summed E-state index contributed by atoms with van der Waals surface area (Å²) in [5.74, 6) is 0.0762. The minimum atomic E-state index is -4.91. The van der Waals surface area contributed by atoms with Crippen molar-refractivity contribution in [3.63, 3.8) is 0 Å². The van der Waals surface area contributed by atoms with Gasteiger partial charge in [0, 0.05) is 61.0 Å². The van der Waals surface area contributed by atoms with Crippen molar-refractivity contribution in [2.75, 3.05) is 24.5 Å². The Morgan fingerprint density at radius 1 is 1.27 bits per heavy atom. The first-order chi connectivity index (χ1) is 15.2. The van der Waals surface area contributed by atoms with Crippen molar-refractivity contribution in [1.29, 1.82) is 0 Å². The van der Waals surface area contributed by atoms with Crippen LogP contribution in [0.1, 0.15) is 25.8 Å². The van der Waals surface area contributed by atoms with Crippen molar-refractivity contribution in [2.45, 2.75) is 38.1 Å². The van der Waals surface area contributed by atoms with Crippen LogP contribution in [0.2, 0.25) is 0 Å². The van der Waals surface area contributed by atoms with E-state index in [2.05, 4.69) is 9.97 Å². The molecule has 0 bridgehead atoms. The van der Waals surface area contributed by atoms with E-state index in [0.717, 1.165) is 22.8 Å². The summed E-state index contributed by atoms with van der Waals surface area (Å²) in [6.45, 7) is 2.36. The molecule has 10 nitrogen and oxygen atoms in total. The van der Waals surface area contributed by atoms with Gasteiger partial charge in [0.2, 0.25) is 16.0 Å². The van der Waals surface area contributed by atoms with Gasteiger partial charge in [0.15, 0.2) is 5.60 Å². The molecule has 1 unspecified atom stereocenters. The zero-order valence-electron chi connectivity index (χ0n) is 17.5. The lowest BCUT2D eigenvalue weighted by Crippen LogP contribution is -2.54. The van der Waals surface area contributed by atoms with Gasteiger partial charge < -0.3 is 10.0 Å².